The van der Waals surface area contributed by atoms with E-state index in [-0.39, 0.29) is 0 Å². The molecule has 0 saturated carbocycles. The predicted molar refractivity (Wildman–Crippen MR) is 312 cm³/mol. The minimum Gasteiger partial charge on any atom is -0.457 e. The Balaban J connectivity index is 1.08. The maximum Gasteiger partial charge on any atom is 0.132 e. The van der Waals surface area contributed by atoms with Gasteiger partial charge in [-0.15, -0.1) is 0 Å². The third-order valence-electron chi connectivity index (χ3n) is 16.3. The number of hydrogen-bond acceptors (Lipinski definition) is 2. The fraction of sp³-hybridized carbons (Fsp3) is 0.0270. The summed E-state index contributed by atoms with van der Waals surface area (Å²) in [5.41, 5.74) is 14.5. The van der Waals surface area contributed by atoms with Gasteiger partial charge >= 0.3 is 0 Å². The van der Waals surface area contributed by atoms with E-state index in [1.54, 1.807) is 0 Å². The normalized spacial score (nSPS) is 13.7. The third-order valence-corrected chi connectivity index (χ3v) is 16.3. The van der Waals surface area contributed by atoms with Gasteiger partial charge in [0.25, 0.3) is 0 Å². The molecule has 0 amide bonds. The van der Waals surface area contributed by atoms with Crippen molar-refractivity contribution in [3.8, 4) is 56.4 Å². The standard InChI is InChI=1S/C74H48O2/c1-5-25-52(26-6-1)73(53-27-7-2-8-28-53)64-39-15-17-41-66(64)75-68-43-21-37-60(71(68)73)56-33-19-35-58-62(56)48-63-57(34-20-36-59(63)70(58)51-46-45-49-23-13-14-24-50(49)47-51)61-38-22-44-69-72(61)74(54-29-9-3-10-30-54,55-31-11-4-12-32-55)65-40-16-18-42-67(65)76-69/h1-48H. The molecule has 0 atom stereocenters. The molecule has 356 valence electrons. The monoisotopic (exact) mass is 968 g/mol. The first-order chi connectivity index (χ1) is 37.7. The largest absolute Gasteiger partial charge is 0.457 e. The van der Waals surface area contributed by atoms with Gasteiger partial charge in [-0.1, -0.05) is 255 Å². The molecule has 0 radical (unpaired) electrons. The summed E-state index contributed by atoms with van der Waals surface area (Å²) >= 11 is 0. The quantitative estimate of drug-likeness (QED) is 0.148. The van der Waals surface area contributed by atoms with Crippen molar-refractivity contribution in [2.24, 2.45) is 0 Å². The Morgan fingerprint density at radius 2 is 0.605 bits per heavy atom. The van der Waals surface area contributed by atoms with Crippen LogP contribution in [0.2, 0.25) is 0 Å². The average Bonchev–Trinajstić information content (AvgIpc) is 3.67. The van der Waals surface area contributed by atoms with Crippen molar-refractivity contribution < 1.29 is 9.47 Å². The highest BCUT2D eigenvalue weighted by atomic mass is 16.5. The van der Waals surface area contributed by atoms with Crippen LogP contribution in [0.1, 0.15) is 44.5 Å². The van der Waals surface area contributed by atoms with Crippen LogP contribution in [0.5, 0.6) is 23.0 Å². The number of benzene rings is 13. The van der Waals surface area contributed by atoms with E-state index in [2.05, 4.69) is 291 Å². The fourth-order valence-corrected chi connectivity index (χ4v) is 13.3. The van der Waals surface area contributed by atoms with Gasteiger partial charge in [0.2, 0.25) is 0 Å². The topological polar surface area (TPSA) is 18.5 Å². The van der Waals surface area contributed by atoms with E-state index < -0.39 is 10.8 Å². The Morgan fingerprint density at radius 3 is 1.07 bits per heavy atom. The van der Waals surface area contributed by atoms with Gasteiger partial charge in [0.15, 0.2) is 0 Å². The van der Waals surface area contributed by atoms with Crippen molar-refractivity contribution in [1.29, 1.82) is 0 Å². The summed E-state index contributed by atoms with van der Waals surface area (Å²) in [4.78, 5) is 0. The lowest BCUT2D eigenvalue weighted by Crippen LogP contribution is -2.34. The zero-order chi connectivity index (χ0) is 50.2. The molecule has 2 heterocycles. The van der Waals surface area contributed by atoms with Crippen molar-refractivity contribution in [1.82, 2.24) is 0 Å². The smallest absolute Gasteiger partial charge is 0.132 e. The molecule has 13 aromatic carbocycles. The molecule has 0 spiro atoms. The van der Waals surface area contributed by atoms with Crippen molar-refractivity contribution in [3.63, 3.8) is 0 Å². The first-order valence-electron chi connectivity index (χ1n) is 26.2. The number of hydrogen-bond donors (Lipinski definition) is 0. The summed E-state index contributed by atoms with van der Waals surface area (Å²) in [5, 5.41) is 7.05. The molecule has 0 bridgehead atoms. The van der Waals surface area contributed by atoms with Gasteiger partial charge in [0, 0.05) is 22.3 Å². The average molecular weight is 969 g/mol. The molecule has 0 N–H and O–H groups in total. The van der Waals surface area contributed by atoms with Crippen LogP contribution < -0.4 is 9.47 Å². The summed E-state index contributed by atoms with van der Waals surface area (Å²) in [6.07, 6.45) is 0. The highest BCUT2D eigenvalue weighted by Gasteiger charge is 2.48. The van der Waals surface area contributed by atoms with Gasteiger partial charge in [0.05, 0.1) is 10.8 Å². The lowest BCUT2D eigenvalue weighted by Gasteiger charge is -2.43. The first-order valence-corrected chi connectivity index (χ1v) is 26.2. The molecular weight excluding hydrogens is 921 g/mol. The lowest BCUT2D eigenvalue weighted by atomic mass is 9.62. The SMILES string of the molecule is c1ccc(C2(c3ccccc3)c3ccccc3Oc3cccc(-c4cccc5c(-c6ccc7ccccc7c6)c6cccc(-c7cccc8c7C(c7ccccc7)(c7ccccc7)c7ccccc7O8)c6cc45)c32)cc1. The molecule has 2 heteroatoms. The molecule has 0 saturated heterocycles. The van der Waals surface area contributed by atoms with Gasteiger partial charge < -0.3 is 9.47 Å². The van der Waals surface area contributed by atoms with Crippen molar-refractivity contribution in [2.45, 2.75) is 10.8 Å². The summed E-state index contributed by atoms with van der Waals surface area (Å²) in [5.74, 6) is 3.39. The van der Waals surface area contributed by atoms with E-state index in [0.717, 1.165) is 83.8 Å². The second-order valence-electron chi connectivity index (χ2n) is 20.1. The minimum atomic E-state index is -0.730. The van der Waals surface area contributed by atoms with Crippen LogP contribution in [0.25, 0.3) is 65.7 Å². The van der Waals surface area contributed by atoms with Crippen molar-refractivity contribution in [2.75, 3.05) is 0 Å². The van der Waals surface area contributed by atoms with Crippen LogP contribution in [0.4, 0.5) is 0 Å². The fourth-order valence-electron chi connectivity index (χ4n) is 13.3. The van der Waals surface area contributed by atoms with Crippen LogP contribution in [0.3, 0.4) is 0 Å². The van der Waals surface area contributed by atoms with E-state index in [1.165, 1.54) is 49.4 Å². The van der Waals surface area contributed by atoms with Gasteiger partial charge in [-0.2, -0.15) is 0 Å². The molecular formula is C74H48O2. The zero-order valence-corrected chi connectivity index (χ0v) is 41.5. The number of para-hydroxylation sites is 2. The van der Waals surface area contributed by atoms with Gasteiger partial charge in [-0.3, -0.25) is 0 Å². The maximum absolute atomic E-state index is 7.09. The molecule has 2 nitrogen and oxygen atoms in total. The molecule has 2 aliphatic rings. The Labute approximate surface area is 442 Å². The van der Waals surface area contributed by atoms with Gasteiger partial charge in [-0.25, -0.2) is 0 Å². The van der Waals surface area contributed by atoms with Gasteiger partial charge in [0.1, 0.15) is 23.0 Å². The van der Waals surface area contributed by atoms with Crippen LogP contribution in [0, 0.1) is 0 Å². The number of fused-ring (bicyclic) bond motifs is 7. The third kappa shape index (κ3) is 6.41. The lowest BCUT2D eigenvalue weighted by molar-refractivity contribution is 0.435. The molecule has 2 aliphatic heterocycles. The minimum absolute atomic E-state index is 0.730. The van der Waals surface area contributed by atoms with E-state index >= 15 is 0 Å². The summed E-state index contributed by atoms with van der Waals surface area (Å²) in [6, 6.07) is 106. The summed E-state index contributed by atoms with van der Waals surface area (Å²) in [6.45, 7) is 0. The second kappa shape index (κ2) is 17.4. The Hall–Kier alpha value is -9.76. The Morgan fingerprint density at radius 1 is 0.237 bits per heavy atom. The van der Waals surface area contributed by atoms with Crippen LogP contribution in [0.15, 0.2) is 291 Å². The first kappa shape index (κ1) is 43.8. The van der Waals surface area contributed by atoms with Gasteiger partial charge in [-0.05, 0) is 124 Å². The molecule has 0 fully saturated rings. The molecule has 76 heavy (non-hydrogen) atoms. The van der Waals surface area contributed by atoms with E-state index in [4.69, 9.17) is 9.47 Å². The molecule has 15 rings (SSSR count). The Bertz CT molecular complexity index is 4070. The molecule has 0 unspecified atom stereocenters. The molecule has 0 aromatic heterocycles. The summed E-state index contributed by atoms with van der Waals surface area (Å²) in [7, 11) is 0. The summed E-state index contributed by atoms with van der Waals surface area (Å²) < 4.78 is 14.2. The second-order valence-corrected chi connectivity index (χ2v) is 20.1. The van der Waals surface area contributed by atoms with Crippen LogP contribution >= 0.6 is 0 Å². The van der Waals surface area contributed by atoms with E-state index in [0.29, 0.717) is 0 Å². The highest BCUT2D eigenvalue weighted by molar-refractivity contribution is 6.20. The zero-order valence-electron chi connectivity index (χ0n) is 41.5. The number of rotatable bonds is 7. The molecule has 0 aliphatic carbocycles. The number of ether oxygens (including phenoxy) is 2. The van der Waals surface area contributed by atoms with Crippen molar-refractivity contribution in [3.05, 3.63) is 336 Å². The molecule has 13 aromatic rings. The predicted octanol–water partition coefficient (Wildman–Crippen LogP) is 19.1. The Kier molecular flexibility index (Phi) is 10.0. The van der Waals surface area contributed by atoms with Crippen LogP contribution in [-0.2, 0) is 10.8 Å². The van der Waals surface area contributed by atoms with Crippen molar-refractivity contribution >= 4 is 32.3 Å². The van der Waals surface area contributed by atoms with Crippen LogP contribution in [-0.4, -0.2) is 0 Å². The van der Waals surface area contributed by atoms with E-state index in [1.807, 2.05) is 0 Å². The van der Waals surface area contributed by atoms with E-state index in [9.17, 15) is 0 Å². The highest BCUT2D eigenvalue weighted by Crippen LogP contribution is 2.61. The maximum atomic E-state index is 7.09.